The van der Waals surface area contributed by atoms with Gasteiger partial charge in [-0.1, -0.05) is 5.92 Å². The number of amides is 1. The van der Waals surface area contributed by atoms with Crippen molar-refractivity contribution in [2.45, 2.75) is 18.9 Å². The molecule has 0 aromatic heterocycles. The Labute approximate surface area is 98.0 Å². The molecule has 1 saturated heterocycles. The van der Waals surface area contributed by atoms with E-state index in [1.165, 1.54) is 6.42 Å². The number of rotatable bonds is 4. The van der Waals surface area contributed by atoms with Gasteiger partial charge in [0.25, 0.3) is 0 Å². The van der Waals surface area contributed by atoms with Gasteiger partial charge in [-0.25, -0.2) is 0 Å². The zero-order valence-electron chi connectivity index (χ0n) is 10.2. The maximum absolute atomic E-state index is 11.5. The molecule has 1 N–H and O–H groups in total. The van der Waals surface area contributed by atoms with Gasteiger partial charge in [0, 0.05) is 12.6 Å². The molecular formula is C12H21N3O. The number of carbonyl (C=O) groups is 1. The number of carbonyl (C=O) groups excluding carboxylic acids is 1. The highest BCUT2D eigenvalue weighted by Gasteiger charge is 2.22. The molecule has 1 rings (SSSR count). The molecule has 1 aliphatic heterocycles. The fourth-order valence-electron chi connectivity index (χ4n) is 2.00. The first-order chi connectivity index (χ1) is 7.63. The smallest absolute Gasteiger partial charge is 0.234 e. The van der Waals surface area contributed by atoms with Crippen LogP contribution in [0.15, 0.2) is 0 Å². The first kappa shape index (κ1) is 13.0. The monoisotopic (exact) mass is 223 g/mol. The van der Waals surface area contributed by atoms with E-state index in [1.807, 2.05) is 0 Å². The number of nitrogens with zero attached hydrogens (tertiary/aromatic N) is 2. The van der Waals surface area contributed by atoms with Gasteiger partial charge in [-0.05, 0) is 33.5 Å². The summed E-state index contributed by atoms with van der Waals surface area (Å²) in [7, 11) is 4.18. The van der Waals surface area contributed by atoms with Crippen LogP contribution >= 0.6 is 0 Å². The molecule has 0 aromatic carbocycles. The first-order valence-corrected chi connectivity index (χ1v) is 5.72. The molecule has 1 fully saturated rings. The number of likely N-dealkylation sites (N-methyl/N-ethyl adjacent to an activating group) is 1. The average molecular weight is 223 g/mol. The lowest BCUT2D eigenvalue weighted by Gasteiger charge is -2.35. The molecule has 0 radical (unpaired) electrons. The number of terminal acetylenes is 1. The van der Waals surface area contributed by atoms with Crippen molar-refractivity contribution >= 4 is 5.91 Å². The minimum Gasteiger partial charge on any atom is -0.344 e. The highest BCUT2D eigenvalue weighted by Crippen LogP contribution is 2.12. The Balaban J connectivity index is 2.31. The highest BCUT2D eigenvalue weighted by molar-refractivity contribution is 5.78. The van der Waals surface area contributed by atoms with E-state index < -0.39 is 0 Å². The Kier molecular flexibility index (Phi) is 5.30. The predicted molar refractivity (Wildman–Crippen MR) is 65.0 cm³/mol. The molecule has 1 aliphatic rings. The molecule has 0 saturated carbocycles. The van der Waals surface area contributed by atoms with Crippen LogP contribution in [0.2, 0.25) is 0 Å². The fraction of sp³-hybridized carbons (Fsp3) is 0.750. The highest BCUT2D eigenvalue weighted by atomic mass is 16.2. The van der Waals surface area contributed by atoms with E-state index in [9.17, 15) is 4.79 Å². The second-order valence-electron chi connectivity index (χ2n) is 4.48. The maximum atomic E-state index is 11.5. The standard InChI is InChI=1S/C12H21N3O/c1-4-7-13-12(16)10-15-8-5-6-11(9-15)14(2)3/h1,11H,5-10H2,2-3H3,(H,13,16). The Morgan fingerprint density at radius 1 is 1.62 bits per heavy atom. The molecule has 1 amide bonds. The van der Waals surface area contributed by atoms with Gasteiger partial charge in [0.05, 0.1) is 13.1 Å². The molecule has 90 valence electrons. The van der Waals surface area contributed by atoms with Crippen LogP contribution in [-0.2, 0) is 4.79 Å². The second-order valence-corrected chi connectivity index (χ2v) is 4.48. The molecule has 1 unspecified atom stereocenters. The number of hydrogen-bond acceptors (Lipinski definition) is 3. The van der Waals surface area contributed by atoms with E-state index in [0.717, 1.165) is 19.5 Å². The van der Waals surface area contributed by atoms with E-state index in [2.05, 4.69) is 35.1 Å². The molecule has 0 bridgehead atoms. The van der Waals surface area contributed by atoms with Crippen LogP contribution < -0.4 is 5.32 Å². The van der Waals surface area contributed by atoms with E-state index in [0.29, 0.717) is 19.1 Å². The molecule has 0 aromatic rings. The summed E-state index contributed by atoms with van der Waals surface area (Å²) in [6, 6.07) is 0.564. The van der Waals surface area contributed by atoms with E-state index in [1.54, 1.807) is 0 Å². The van der Waals surface area contributed by atoms with Crippen molar-refractivity contribution in [3.8, 4) is 12.3 Å². The maximum Gasteiger partial charge on any atom is 0.234 e. The van der Waals surface area contributed by atoms with E-state index >= 15 is 0 Å². The van der Waals surface area contributed by atoms with Crippen molar-refractivity contribution in [3.05, 3.63) is 0 Å². The number of piperidine rings is 1. The topological polar surface area (TPSA) is 35.6 Å². The van der Waals surface area contributed by atoms with Crippen LogP contribution in [-0.4, -0.2) is 62.0 Å². The van der Waals surface area contributed by atoms with Crippen molar-refractivity contribution in [2.24, 2.45) is 0 Å². The fourth-order valence-corrected chi connectivity index (χ4v) is 2.00. The molecule has 0 spiro atoms. The molecule has 0 aliphatic carbocycles. The summed E-state index contributed by atoms with van der Waals surface area (Å²) in [6.07, 6.45) is 7.46. The summed E-state index contributed by atoms with van der Waals surface area (Å²) >= 11 is 0. The van der Waals surface area contributed by atoms with Gasteiger partial charge in [0.1, 0.15) is 0 Å². The third-order valence-corrected chi connectivity index (χ3v) is 2.97. The minimum atomic E-state index is 0.0253. The zero-order chi connectivity index (χ0) is 12.0. The lowest BCUT2D eigenvalue weighted by atomic mass is 10.1. The first-order valence-electron chi connectivity index (χ1n) is 5.72. The normalized spacial score (nSPS) is 21.8. The lowest BCUT2D eigenvalue weighted by molar-refractivity contribution is -0.122. The van der Waals surface area contributed by atoms with E-state index in [-0.39, 0.29) is 5.91 Å². The summed E-state index contributed by atoms with van der Waals surface area (Å²) in [5.41, 5.74) is 0. The zero-order valence-corrected chi connectivity index (χ0v) is 10.2. The predicted octanol–water partition coefficient (Wildman–Crippen LogP) is -0.238. The van der Waals surface area contributed by atoms with Crippen LogP contribution in [0.5, 0.6) is 0 Å². The molecule has 16 heavy (non-hydrogen) atoms. The summed E-state index contributed by atoms with van der Waals surface area (Å²) in [6.45, 7) is 2.76. The van der Waals surface area contributed by atoms with Gasteiger partial charge in [0.15, 0.2) is 0 Å². The summed E-state index contributed by atoms with van der Waals surface area (Å²) < 4.78 is 0. The third kappa shape index (κ3) is 4.21. The lowest BCUT2D eigenvalue weighted by Crippen LogP contribution is -2.48. The van der Waals surface area contributed by atoms with Crippen LogP contribution in [0, 0.1) is 12.3 Å². The summed E-state index contributed by atoms with van der Waals surface area (Å²) in [4.78, 5) is 15.9. The third-order valence-electron chi connectivity index (χ3n) is 2.97. The molecule has 1 atom stereocenters. The molecule has 4 heteroatoms. The molecular weight excluding hydrogens is 202 g/mol. The van der Waals surface area contributed by atoms with Gasteiger partial charge < -0.3 is 10.2 Å². The minimum absolute atomic E-state index is 0.0253. The van der Waals surface area contributed by atoms with Crippen LogP contribution in [0.3, 0.4) is 0 Å². The Hall–Kier alpha value is -1.05. The average Bonchev–Trinajstić information content (AvgIpc) is 2.26. The van der Waals surface area contributed by atoms with Crippen molar-refractivity contribution in [3.63, 3.8) is 0 Å². The van der Waals surface area contributed by atoms with Gasteiger partial charge in [-0.3, -0.25) is 9.69 Å². The largest absolute Gasteiger partial charge is 0.344 e. The van der Waals surface area contributed by atoms with Gasteiger partial charge in [-0.15, -0.1) is 6.42 Å². The number of likely N-dealkylation sites (tertiary alicyclic amines) is 1. The van der Waals surface area contributed by atoms with Crippen molar-refractivity contribution in [1.29, 1.82) is 0 Å². The Morgan fingerprint density at radius 2 is 2.38 bits per heavy atom. The molecule has 4 nitrogen and oxygen atoms in total. The van der Waals surface area contributed by atoms with Gasteiger partial charge in [0.2, 0.25) is 5.91 Å². The Bertz CT molecular complexity index is 270. The summed E-state index contributed by atoms with van der Waals surface area (Å²) in [5.74, 6) is 2.43. The van der Waals surface area contributed by atoms with Crippen LogP contribution in [0.25, 0.3) is 0 Å². The van der Waals surface area contributed by atoms with Crippen LogP contribution in [0.4, 0.5) is 0 Å². The SMILES string of the molecule is C#CCNC(=O)CN1CCCC(N(C)C)C1. The second kappa shape index (κ2) is 6.51. The van der Waals surface area contributed by atoms with E-state index in [4.69, 9.17) is 6.42 Å². The van der Waals surface area contributed by atoms with Crippen molar-refractivity contribution in [2.75, 3.05) is 40.3 Å². The van der Waals surface area contributed by atoms with Crippen molar-refractivity contribution < 1.29 is 4.79 Å². The van der Waals surface area contributed by atoms with Crippen LogP contribution in [0.1, 0.15) is 12.8 Å². The number of nitrogens with one attached hydrogen (secondary N) is 1. The number of hydrogen-bond donors (Lipinski definition) is 1. The molecule has 1 heterocycles. The van der Waals surface area contributed by atoms with Gasteiger partial charge >= 0.3 is 0 Å². The summed E-state index contributed by atoms with van der Waals surface area (Å²) in [5, 5.41) is 2.69. The van der Waals surface area contributed by atoms with Crippen molar-refractivity contribution in [1.82, 2.24) is 15.1 Å². The Morgan fingerprint density at radius 3 is 3.00 bits per heavy atom. The van der Waals surface area contributed by atoms with Gasteiger partial charge in [-0.2, -0.15) is 0 Å². The quantitative estimate of drug-likeness (QED) is 0.668.